The van der Waals surface area contributed by atoms with E-state index in [2.05, 4.69) is 84.7 Å². The second-order valence-corrected chi connectivity index (χ2v) is 8.75. The van der Waals surface area contributed by atoms with Gasteiger partial charge in [-0.1, -0.05) is 20.8 Å². The van der Waals surface area contributed by atoms with E-state index in [1.807, 2.05) is 0 Å². The summed E-state index contributed by atoms with van der Waals surface area (Å²) < 4.78 is 4.85. The van der Waals surface area contributed by atoms with Gasteiger partial charge >= 0.3 is 0 Å². The first-order valence-electron chi connectivity index (χ1n) is 7.37. The Labute approximate surface area is 119 Å². The molecule has 0 fully saturated rings. The molecule has 0 spiro atoms. The zero-order chi connectivity index (χ0) is 15.2. The van der Waals surface area contributed by atoms with Gasteiger partial charge in [0.25, 0.3) is 0 Å². The van der Waals surface area contributed by atoms with Crippen molar-refractivity contribution in [2.45, 2.75) is 86.7 Å². The normalized spacial score (nSPS) is 14.0. The summed E-state index contributed by atoms with van der Waals surface area (Å²) in [6.07, 6.45) is 3.47. The Morgan fingerprint density at radius 1 is 0.947 bits per heavy atom. The van der Waals surface area contributed by atoms with Crippen LogP contribution in [0.25, 0.3) is 0 Å². The topological polar surface area (TPSA) is 8.81 Å². The lowest BCUT2D eigenvalue weighted by atomic mass is 9.81. The molecule has 0 aliphatic heterocycles. The SMILES string of the molecule is Cc1c(C)[n+](C(C)(C)CC(C)(C)C)cn1C(C)(C)C. The van der Waals surface area contributed by atoms with Crippen molar-refractivity contribution in [3.63, 3.8) is 0 Å². The third kappa shape index (κ3) is 3.61. The van der Waals surface area contributed by atoms with E-state index in [1.165, 1.54) is 17.8 Å². The first-order valence-corrected chi connectivity index (χ1v) is 7.37. The fourth-order valence-corrected chi connectivity index (χ4v) is 3.31. The smallest absolute Gasteiger partial charge is 0.229 e. The van der Waals surface area contributed by atoms with Crippen molar-refractivity contribution in [1.82, 2.24) is 4.57 Å². The molecule has 0 aromatic carbocycles. The highest BCUT2D eigenvalue weighted by atomic mass is 15.2. The maximum Gasteiger partial charge on any atom is 0.245 e. The van der Waals surface area contributed by atoms with E-state index in [0.717, 1.165) is 0 Å². The molecule has 0 radical (unpaired) electrons. The van der Waals surface area contributed by atoms with Gasteiger partial charge in [0.1, 0.15) is 22.5 Å². The summed E-state index contributed by atoms with van der Waals surface area (Å²) in [7, 11) is 0. The fourth-order valence-electron chi connectivity index (χ4n) is 3.31. The first-order chi connectivity index (χ1) is 8.26. The largest absolute Gasteiger partial charge is 0.245 e. The van der Waals surface area contributed by atoms with Gasteiger partial charge in [-0.15, -0.1) is 0 Å². The molecule has 2 heteroatoms. The van der Waals surface area contributed by atoms with Crippen molar-refractivity contribution in [1.29, 1.82) is 0 Å². The van der Waals surface area contributed by atoms with Gasteiger partial charge in [0, 0.05) is 13.8 Å². The zero-order valence-corrected chi connectivity index (χ0v) is 14.7. The van der Waals surface area contributed by atoms with E-state index < -0.39 is 0 Å². The van der Waals surface area contributed by atoms with E-state index in [0.29, 0.717) is 5.41 Å². The summed E-state index contributed by atoms with van der Waals surface area (Å²) in [5.74, 6) is 0. The minimum Gasteiger partial charge on any atom is -0.229 e. The molecule has 0 atom stereocenters. The molecule has 19 heavy (non-hydrogen) atoms. The molecule has 0 unspecified atom stereocenters. The molecule has 0 aliphatic rings. The Morgan fingerprint density at radius 3 is 1.74 bits per heavy atom. The summed E-state index contributed by atoms with van der Waals surface area (Å²) in [6, 6.07) is 0. The average molecular weight is 265 g/mol. The van der Waals surface area contributed by atoms with E-state index in [4.69, 9.17) is 0 Å². The lowest BCUT2D eigenvalue weighted by Crippen LogP contribution is -2.54. The molecule has 2 nitrogen and oxygen atoms in total. The lowest BCUT2D eigenvalue weighted by molar-refractivity contribution is -0.765. The zero-order valence-electron chi connectivity index (χ0n) is 14.7. The highest BCUT2D eigenvalue weighted by Crippen LogP contribution is 2.30. The van der Waals surface area contributed by atoms with Crippen LogP contribution in [-0.4, -0.2) is 4.57 Å². The predicted molar refractivity (Wildman–Crippen MR) is 82.5 cm³/mol. The molecular weight excluding hydrogens is 232 g/mol. The van der Waals surface area contributed by atoms with Crippen LogP contribution in [0.2, 0.25) is 0 Å². The van der Waals surface area contributed by atoms with Crippen molar-refractivity contribution in [2.75, 3.05) is 0 Å². The van der Waals surface area contributed by atoms with Gasteiger partial charge in [-0.2, -0.15) is 0 Å². The van der Waals surface area contributed by atoms with Crippen LogP contribution in [0, 0.1) is 19.3 Å². The Kier molecular flexibility index (Phi) is 3.97. The maximum absolute atomic E-state index is 2.46. The molecule has 0 aliphatic carbocycles. The molecular formula is C17H33N2+. The first kappa shape index (κ1) is 16.3. The van der Waals surface area contributed by atoms with Gasteiger partial charge in [-0.25, -0.2) is 9.13 Å². The van der Waals surface area contributed by atoms with Gasteiger partial charge in [0.15, 0.2) is 0 Å². The lowest BCUT2D eigenvalue weighted by Gasteiger charge is -2.30. The van der Waals surface area contributed by atoms with E-state index in [-0.39, 0.29) is 11.1 Å². The average Bonchev–Trinajstić information content (AvgIpc) is 2.39. The summed E-state index contributed by atoms with van der Waals surface area (Å²) in [4.78, 5) is 0. The Bertz CT molecular complexity index is 451. The van der Waals surface area contributed by atoms with Crippen LogP contribution >= 0.6 is 0 Å². The van der Waals surface area contributed by atoms with Crippen LogP contribution in [0.1, 0.15) is 73.2 Å². The van der Waals surface area contributed by atoms with Gasteiger partial charge in [-0.3, -0.25) is 0 Å². The minimum atomic E-state index is 0.137. The standard InChI is InChI=1S/C17H33N2/c1-13-14(2)19(12-18(13)16(6,7)8)17(9,10)11-15(3,4)5/h12H,11H2,1-10H3/q+1. The Hall–Kier alpha value is -0.790. The second-order valence-electron chi connectivity index (χ2n) is 8.75. The molecule has 1 heterocycles. The van der Waals surface area contributed by atoms with Crippen molar-refractivity contribution in [3.05, 3.63) is 17.7 Å². The van der Waals surface area contributed by atoms with Crippen LogP contribution < -0.4 is 4.57 Å². The van der Waals surface area contributed by atoms with Crippen molar-refractivity contribution in [3.8, 4) is 0 Å². The number of nitrogens with zero attached hydrogens (tertiary/aromatic N) is 2. The number of hydrogen-bond acceptors (Lipinski definition) is 0. The third-order valence-corrected chi connectivity index (χ3v) is 3.82. The van der Waals surface area contributed by atoms with Gasteiger partial charge in [-0.05, 0) is 46.5 Å². The van der Waals surface area contributed by atoms with Gasteiger partial charge in [0.2, 0.25) is 6.33 Å². The summed E-state index contributed by atoms with van der Waals surface area (Å²) in [5.41, 5.74) is 3.36. The molecule has 0 saturated carbocycles. The van der Waals surface area contributed by atoms with Crippen molar-refractivity contribution < 1.29 is 4.57 Å². The van der Waals surface area contributed by atoms with Crippen molar-refractivity contribution in [2.24, 2.45) is 5.41 Å². The number of rotatable bonds is 2. The summed E-state index contributed by atoms with van der Waals surface area (Å²) in [5, 5.41) is 0. The monoisotopic (exact) mass is 265 g/mol. The number of aromatic nitrogens is 2. The summed E-state index contributed by atoms with van der Waals surface area (Å²) >= 11 is 0. The van der Waals surface area contributed by atoms with Crippen LogP contribution in [0.3, 0.4) is 0 Å². The third-order valence-electron chi connectivity index (χ3n) is 3.82. The molecule has 0 bridgehead atoms. The highest BCUT2D eigenvalue weighted by Gasteiger charge is 2.36. The Balaban J connectivity index is 3.29. The molecule has 1 aromatic heterocycles. The Morgan fingerprint density at radius 2 is 1.42 bits per heavy atom. The van der Waals surface area contributed by atoms with E-state index in [1.54, 1.807) is 0 Å². The van der Waals surface area contributed by atoms with Gasteiger partial charge in [0.05, 0.1) is 0 Å². The second kappa shape index (κ2) is 4.64. The highest BCUT2D eigenvalue weighted by molar-refractivity contribution is 5.06. The summed E-state index contributed by atoms with van der Waals surface area (Å²) in [6.45, 7) is 22.9. The quantitative estimate of drug-likeness (QED) is 0.704. The molecule has 0 saturated heterocycles. The number of hydrogen-bond donors (Lipinski definition) is 0. The van der Waals surface area contributed by atoms with Gasteiger partial charge < -0.3 is 0 Å². The van der Waals surface area contributed by atoms with Crippen LogP contribution in [-0.2, 0) is 11.1 Å². The molecule has 0 N–H and O–H groups in total. The predicted octanol–water partition coefficient (Wildman–Crippen LogP) is 4.32. The molecule has 110 valence electrons. The van der Waals surface area contributed by atoms with E-state index >= 15 is 0 Å². The fraction of sp³-hybridized carbons (Fsp3) is 0.824. The van der Waals surface area contributed by atoms with Crippen LogP contribution in [0.4, 0.5) is 0 Å². The molecule has 1 rings (SSSR count). The maximum atomic E-state index is 2.46. The van der Waals surface area contributed by atoms with Crippen LogP contribution in [0.5, 0.6) is 0 Å². The molecule has 1 aromatic rings. The van der Waals surface area contributed by atoms with Crippen LogP contribution in [0.15, 0.2) is 6.33 Å². The number of imidazole rings is 1. The molecule has 0 amide bonds. The minimum absolute atomic E-state index is 0.137. The van der Waals surface area contributed by atoms with Crippen molar-refractivity contribution >= 4 is 0 Å². The van der Waals surface area contributed by atoms with E-state index in [9.17, 15) is 0 Å².